The van der Waals surface area contributed by atoms with E-state index in [4.69, 9.17) is 0 Å². The summed E-state index contributed by atoms with van der Waals surface area (Å²) in [4.78, 5) is 0. The largest absolute Gasteiger partial charge is 0.102 e. The molecule has 25 heavy (non-hydrogen) atoms. The zero-order chi connectivity index (χ0) is 18.5. The fourth-order valence-electron chi connectivity index (χ4n) is 4.40. The summed E-state index contributed by atoms with van der Waals surface area (Å²) < 4.78 is 0. The Morgan fingerprint density at radius 2 is 1.52 bits per heavy atom. The summed E-state index contributed by atoms with van der Waals surface area (Å²) in [6.45, 7) is 16.1. The fourth-order valence-corrected chi connectivity index (χ4v) is 4.40. The first kappa shape index (κ1) is 20.3. The number of benzene rings is 1. The van der Waals surface area contributed by atoms with Crippen LogP contribution in [-0.4, -0.2) is 0 Å². The highest BCUT2D eigenvalue weighted by molar-refractivity contribution is 5.45. The lowest BCUT2D eigenvalue weighted by atomic mass is 9.62. The Labute approximate surface area is 157 Å². The van der Waals surface area contributed by atoms with Crippen LogP contribution in [0.3, 0.4) is 0 Å². The Morgan fingerprint density at radius 3 is 2.16 bits per heavy atom. The maximum atomic E-state index is 4.14. The Bertz CT molecular complexity index is 561. The lowest BCUT2D eigenvalue weighted by Gasteiger charge is -2.42. The van der Waals surface area contributed by atoms with Gasteiger partial charge in [0, 0.05) is 5.92 Å². The monoisotopic (exact) mass is 340 g/mol. The smallest absolute Gasteiger partial charge is 0.00154 e. The van der Waals surface area contributed by atoms with E-state index in [-0.39, 0.29) is 0 Å². The predicted octanol–water partition coefficient (Wildman–Crippen LogP) is 8.06. The fraction of sp³-hybridized carbons (Fsp3) is 0.680. The third kappa shape index (κ3) is 4.99. The number of unbranched alkanes of at least 4 members (excludes halogenated alkanes) is 5. The van der Waals surface area contributed by atoms with E-state index >= 15 is 0 Å². The highest BCUT2D eigenvalue weighted by Crippen LogP contribution is 2.46. The minimum atomic E-state index is 0.298. The van der Waals surface area contributed by atoms with Crippen molar-refractivity contribution in [1.82, 2.24) is 0 Å². The molecule has 0 saturated carbocycles. The molecule has 1 aromatic rings. The van der Waals surface area contributed by atoms with Gasteiger partial charge in [0.2, 0.25) is 0 Å². The second-order valence-electron chi connectivity index (χ2n) is 9.47. The van der Waals surface area contributed by atoms with Gasteiger partial charge in [0.15, 0.2) is 0 Å². The van der Waals surface area contributed by atoms with Gasteiger partial charge in [-0.25, -0.2) is 0 Å². The molecule has 0 N–H and O–H groups in total. The van der Waals surface area contributed by atoms with E-state index in [0.717, 1.165) is 0 Å². The predicted molar refractivity (Wildman–Crippen MR) is 113 cm³/mol. The quantitative estimate of drug-likeness (QED) is 0.315. The summed E-state index contributed by atoms with van der Waals surface area (Å²) >= 11 is 0. The van der Waals surface area contributed by atoms with Crippen LogP contribution in [0.5, 0.6) is 0 Å². The average Bonchev–Trinajstić information content (AvgIpc) is 2.58. The van der Waals surface area contributed by atoms with Crippen molar-refractivity contribution in [1.29, 1.82) is 0 Å². The summed E-state index contributed by atoms with van der Waals surface area (Å²) in [7, 11) is 0. The van der Waals surface area contributed by atoms with Crippen LogP contribution in [0.1, 0.15) is 115 Å². The molecule has 1 aromatic carbocycles. The minimum absolute atomic E-state index is 0.298. The molecule has 1 aliphatic rings. The van der Waals surface area contributed by atoms with Crippen LogP contribution in [0, 0.1) is 0 Å². The first-order valence-corrected chi connectivity index (χ1v) is 10.6. The normalized spacial score (nSPS) is 19.2. The third-order valence-corrected chi connectivity index (χ3v) is 6.46. The first-order chi connectivity index (χ1) is 11.8. The standard InChI is InChI=1S/C25H40/c1-7-9-10-11-12-13-14-20(8-2)21-15-16-22-23(19-21)25(5,6)18-17-24(22,3)4/h8,15-16,19-20H,2,7,9-14,17-18H2,1,3-6H3. The van der Waals surface area contributed by atoms with Gasteiger partial charge < -0.3 is 0 Å². The van der Waals surface area contributed by atoms with Gasteiger partial charge in [0.05, 0.1) is 0 Å². The van der Waals surface area contributed by atoms with Crippen LogP contribution < -0.4 is 0 Å². The minimum Gasteiger partial charge on any atom is -0.102 e. The van der Waals surface area contributed by atoms with Gasteiger partial charge in [-0.2, -0.15) is 0 Å². The van der Waals surface area contributed by atoms with Crippen LogP contribution in [0.4, 0.5) is 0 Å². The Kier molecular flexibility index (Phi) is 6.94. The van der Waals surface area contributed by atoms with E-state index in [9.17, 15) is 0 Å². The molecule has 0 heterocycles. The lowest BCUT2D eigenvalue weighted by Crippen LogP contribution is -2.34. The summed E-state index contributed by atoms with van der Waals surface area (Å²) in [6.07, 6.45) is 14.2. The Balaban J connectivity index is 2.09. The van der Waals surface area contributed by atoms with Gasteiger partial charge in [-0.3, -0.25) is 0 Å². The molecule has 0 radical (unpaired) electrons. The van der Waals surface area contributed by atoms with Gasteiger partial charge >= 0.3 is 0 Å². The molecule has 0 fully saturated rings. The lowest BCUT2D eigenvalue weighted by molar-refractivity contribution is 0.331. The highest BCUT2D eigenvalue weighted by atomic mass is 14.4. The van der Waals surface area contributed by atoms with Crippen molar-refractivity contribution in [3.63, 3.8) is 0 Å². The Morgan fingerprint density at radius 1 is 0.920 bits per heavy atom. The number of rotatable bonds is 9. The number of hydrogen-bond donors (Lipinski definition) is 0. The summed E-state index contributed by atoms with van der Waals surface area (Å²) in [5.41, 5.74) is 5.23. The average molecular weight is 341 g/mol. The topological polar surface area (TPSA) is 0 Å². The molecule has 0 aromatic heterocycles. The number of hydrogen-bond acceptors (Lipinski definition) is 0. The molecule has 0 saturated heterocycles. The van der Waals surface area contributed by atoms with Crippen molar-refractivity contribution in [2.75, 3.05) is 0 Å². The van der Waals surface area contributed by atoms with Crippen LogP contribution in [0.2, 0.25) is 0 Å². The van der Waals surface area contributed by atoms with Gasteiger partial charge in [-0.15, -0.1) is 6.58 Å². The van der Waals surface area contributed by atoms with Crippen molar-refractivity contribution in [2.45, 2.75) is 109 Å². The van der Waals surface area contributed by atoms with Crippen molar-refractivity contribution in [3.8, 4) is 0 Å². The number of fused-ring (bicyclic) bond motifs is 1. The molecule has 0 spiro atoms. The molecular formula is C25H40. The zero-order valence-electron chi connectivity index (χ0n) is 17.5. The summed E-state index contributed by atoms with van der Waals surface area (Å²) in [6, 6.07) is 7.31. The van der Waals surface area contributed by atoms with Crippen molar-refractivity contribution >= 4 is 0 Å². The van der Waals surface area contributed by atoms with Crippen LogP contribution >= 0.6 is 0 Å². The van der Waals surface area contributed by atoms with Crippen molar-refractivity contribution in [3.05, 3.63) is 47.5 Å². The maximum absolute atomic E-state index is 4.14. The van der Waals surface area contributed by atoms with Crippen LogP contribution in [0.15, 0.2) is 30.9 Å². The van der Waals surface area contributed by atoms with Gasteiger partial charge in [0.25, 0.3) is 0 Å². The van der Waals surface area contributed by atoms with Crippen LogP contribution in [0.25, 0.3) is 0 Å². The van der Waals surface area contributed by atoms with E-state index < -0.39 is 0 Å². The molecule has 0 amide bonds. The molecule has 0 nitrogen and oxygen atoms in total. The van der Waals surface area contributed by atoms with Gasteiger partial charge in [-0.1, -0.05) is 97.4 Å². The third-order valence-electron chi connectivity index (χ3n) is 6.46. The van der Waals surface area contributed by atoms with Gasteiger partial charge in [-0.05, 0) is 46.8 Å². The van der Waals surface area contributed by atoms with E-state index in [1.807, 2.05) is 0 Å². The summed E-state index contributed by atoms with van der Waals surface area (Å²) in [5, 5.41) is 0. The first-order valence-electron chi connectivity index (χ1n) is 10.6. The van der Waals surface area contributed by atoms with E-state index in [1.165, 1.54) is 63.4 Å². The van der Waals surface area contributed by atoms with E-state index in [0.29, 0.717) is 16.7 Å². The molecule has 0 heteroatoms. The number of allylic oxidation sites excluding steroid dienone is 1. The van der Waals surface area contributed by atoms with E-state index in [1.54, 1.807) is 11.1 Å². The zero-order valence-corrected chi connectivity index (χ0v) is 17.5. The highest BCUT2D eigenvalue weighted by Gasteiger charge is 2.37. The molecular weight excluding hydrogens is 300 g/mol. The molecule has 0 bridgehead atoms. The van der Waals surface area contributed by atoms with E-state index in [2.05, 4.69) is 65.5 Å². The molecule has 1 atom stereocenters. The molecule has 1 unspecified atom stereocenters. The maximum Gasteiger partial charge on any atom is 0.00154 e. The molecule has 0 aliphatic heterocycles. The van der Waals surface area contributed by atoms with Crippen LogP contribution in [-0.2, 0) is 10.8 Å². The van der Waals surface area contributed by atoms with Crippen molar-refractivity contribution in [2.24, 2.45) is 0 Å². The molecule has 140 valence electrons. The van der Waals surface area contributed by atoms with Gasteiger partial charge in [0.1, 0.15) is 0 Å². The second-order valence-corrected chi connectivity index (χ2v) is 9.47. The Hall–Kier alpha value is -1.04. The molecule has 2 rings (SSSR count). The molecule has 1 aliphatic carbocycles. The van der Waals surface area contributed by atoms with Crippen molar-refractivity contribution < 1.29 is 0 Å². The second kappa shape index (κ2) is 8.56. The summed E-state index contributed by atoms with van der Waals surface area (Å²) in [5.74, 6) is 0.511. The SMILES string of the molecule is C=CC(CCCCCCCC)c1ccc2c(c1)C(C)(C)CCC2(C)C.